The summed E-state index contributed by atoms with van der Waals surface area (Å²) in [4.78, 5) is 42.6. The monoisotopic (exact) mass is 662 g/mol. The number of carbonyl (C=O) groups excluding carboxylic acids is 3. The lowest BCUT2D eigenvalue weighted by atomic mass is 10.0. The highest BCUT2D eigenvalue weighted by atomic mass is 35.5. The SMILES string of the molecule is CNC(=O)CCc1ccc(Cl)c(CN(C(=O)[C@H]2CNCC(=O)N2c2ccc(OCCCOCc3ccccc3OC)cc2)C2CC2)c1. The van der Waals surface area contributed by atoms with Crippen LogP contribution in [0.15, 0.2) is 66.7 Å². The molecule has 47 heavy (non-hydrogen) atoms. The molecule has 1 aliphatic heterocycles. The molecule has 2 N–H and O–H groups in total. The second-order valence-corrected chi connectivity index (χ2v) is 12.2. The molecular formula is C36H43ClN4O6. The van der Waals surface area contributed by atoms with E-state index in [1.54, 1.807) is 19.1 Å². The summed E-state index contributed by atoms with van der Waals surface area (Å²) in [6, 6.07) is 20.2. The lowest BCUT2D eigenvalue weighted by molar-refractivity contribution is -0.136. The zero-order valence-corrected chi connectivity index (χ0v) is 27.8. The summed E-state index contributed by atoms with van der Waals surface area (Å²) in [6.45, 7) is 2.32. The fourth-order valence-corrected chi connectivity index (χ4v) is 5.86. The van der Waals surface area contributed by atoms with Crippen LogP contribution in [0.25, 0.3) is 0 Å². The molecular weight excluding hydrogens is 620 g/mol. The van der Waals surface area contributed by atoms with Crippen molar-refractivity contribution in [1.29, 1.82) is 0 Å². The number of halogens is 1. The molecule has 1 atom stereocenters. The summed E-state index contributed by atoms with van der Waals surface area (Å²) in [5.41, 5.74) is 3.45. The van der Waals surface area contributed by atoms with Gasteiger partial charge in [0.2, 0.25) is 17.7 Å². The third-order valence-electron chi connectivity index (χ3n) is 8.39. The third kappa shape index (κ3) is 9.24. The van der Waals surface area contributed by atoms with E-state index in [-0.39, 0.29) is 30.3 Å². The van der Waals surface area contributed by atoms with Crippen molar-refractivity contribution < 1.29 is 28.6 Å². The van der Waals surface area contributed by atoms with Crippen LogP contribution in [-0.2, 0) is 38.7 Å². The van der Waals surface area contributed by atoms with Crippen molar-refractivity contribution in [3.05, 3.63) is 88.4 Å². The number of amides is 3. The maximum absolute atomic E-state index is 14.1. The van der Waals surface area contributed by atoms with Crippen LogP contribution in [0, 0.1) is 0 Å². The molecule has 0 aromatic heterocycles. The number of nitrogens with zero attached hydrogens (tertiary/aromatic N) is 2. The van der Waals surface area contributed by atoms with Crippen molar-refractivity contribution in [2.24, 2.45) is 0 Å². The molecule has 1 aliphatic carbocycles. The predicted octanol–water partition coefficient (Wildman–Crippen LogP) is 4.51. The van der Waals surface area contributed by atoms with Crippen LogP contribution in [-0.4, -0.2) is 75.2 Å². The number of piperazine rings is 1. The number of ether oxygens (including phenoxy) is 3. The first-order chi connectivity index (χ1) is 22.9. The fourth-order valence-electron chi connectivity index (χ4n) is 5.68. The van der Waals surface area contributed by atoms with E-state index in [0.29, 0.717) is 68.6 Å². The Balaban J connectivity index is 1.18. The Morgan fingerprint density at radius 2 is 1.83 bits per heavy atom. The van der Waals surface area contributed by atoms with Crippen LogP contribution < -0.4 is 25.0 Å². The number of aryl methyl sites for hydroxylation is 1. The molecule has 2 aliphatic rings. The summed E-state index contributed by atoms with van der Waals surface area (Å²) in [5.74, 6) is 1.17. The molecule has 1 heterocycles. The van der Waals surface area contributed by atoms with Crippen molar-refractivity contribution in [3.8, 4) is 11.5 Å². The van der Waals surface area contributed by atoms with E-state index >= 15 is 0 Å². The Kier molecular flexibility index (Phi) is 12.1. The number of nitrogens with one attached hydrogen (secondary N) is 2. The van der Waals surface area contributed by atoms with E-state index in [4.69, 9.17) is 25.8 Å². The van der Waals surface area contributed by atoms with Gasteiger partial charge in [0.1, 0.15) is 17.5 Å². The largest absolute Gasteiger partial charge is 0.496 e. The van der Waals surface area contributed by atoms with E-state index in [1.807, 2.05) is 71.6 Å². The molecule has 10 nitrogen and oxygen atoms in total. The van der Waals surface area contributed by atoms with Gasteiger partial charge in [-0.25, -0.2) is 0 Å². The lowest BCUT2D eigenvalue weighted by Gasteiger charge is -2.38. The molecule has 2 fully saturated rings. The predicted molar refractivity (Wildman–Crippen MR) is 181 cm³/mol. The smallest absolute Gasteiger partial charge is 0.247 e. The lowest BCUT2D eigenvalue weighted by Crippen LogP contribution is -2.61. The maximum Gasteiger partial charge on any atom is 0.247 e. The molecule has 1 saturated carbocycles. The number of anilines is 1. The first kappa shape index (κ1) is 34.2. The number of carbonyl (C=O) groups is 3. The van der Waals surface area contributed by atoms with Crippen molar-refractivity contribution in [2.45, 2.75) is 57.3 Å². The molecule has 3 aromatic carbocycles. The molecule has 0 bridgehead atoms. The van der Waals surface area contributed by atoms with Gasteiger partial charge in [0.15, 0.2) is 0 Å². The van der Waals surface area contributed by atoms with Gasteiger partial charge in [-0.3, -0.25) is 19.3 Å². The number of benzene rings is 3. The standard InChI is InChI=1S/C36H43ClN4O6/c1-38-34(42)17-9-25-8-16-31(37)27(20-25)23-40(28-10-11-28)36(44)32-21-39-22-35(43)41(32)29-12-14-30(15-13-29)47-19-5-18-46-24-26-6-3-4-7-33(26)45-2/h3-4,6-8,12-16,20,28,32,39H,5,9-11,17-19,21-24H2,1-2H3,(H,38,42)/t32-/m1/s1. The van der Waals surface area contributed by atoms with Crippen molar-refractivity contribution in [3.63, 3.8) is 0 Å². The topological polar surface area (TPSA) is 109 Å². The quantitative estimate of drug-likeness (QED) is 0.217. The Morgan fingerprint density at radius 1 is 1.04 bits per heavy atom. The second-order valence-electron chi connectivity index (χ2n) is 11.8. The van der Waals surface area contributed by atoms with Crippen LogP contribution >= 0.6 is 11.6 Å². The highest BCUT2D eigenvalue weighted by Gasteiger charge is 2.41. The Labute approximate surface area is 281 Å². The number of rotatable bonds is 16. The number of hydrogen-bond donors (Lipinski definition) is 2. The van der Waals surface area contributed by atoms with Crippen molar-refractivity contribution in [2.75, 3.05) is 45.4 Å². The average Bonchev–Trinajstić information content (AvgIpc) is 3.94. The summed E-state index contributed by atoms with van der Waals surface area (Å²) >= 11 is 6.59. The average molecular weight is 663 g/mol. The van der Waals surface area contributed by atoms with Crippen LogP contribution in [0.5, 0.6) is 11.5 Å². The molecule has 250 valence electrons. The molecule has 3 aromatic rings. The fraction of sp³-hybridized carbons (Fsp3) is 0.417. The number of methoxy groups -OCH3 is 1. The molecule has 0 radical (unpaired) electrons. The summed E-state index contributed by atoms with van der Waals surface area (Å²) in [5, 5.41) is 6.34. The normalized spacial score (nSPS) is 16.1. The minimum atomic E-state index is -0.695. The minimum absolute atomic E-state index is 0.0313. The highest BCUT2D eigenvalue weighted by Crippen LogP contribution is 2.33. The number of hydrogen-bond acceptors (Lipinski definition) is 7. The summed E-state index contributed by atoms with van der Waals surface area (Å²) in [7, 11) is 3.27. The zero-order chi connectivity index (χ0) is 33.2. The molecule has 0 unspecified atom stereocenters. The van der Waals surface area contributed by atoms with Crippen LogP contribution in [0.1, 0.15) is 42.4 Å². The zero-order valence-electron chi connectivity index (χ0n) is 27.0. The minimum Gasteiger partial charge on any atom is -0.496 e. The van der Waals surface area contributed by atoms with Gasteiger partial charge in [0, 0.05) is 55.3 Å². The van der Waals surface area contributed by atoms with Crippen LogP contribution in [0.3, 0.4) is 0 Å². The van der Waals surface area contributed by atoms with E-state index in [1.165, 1.54) is 0 Å². The third-order valence-corrected chi connectivity index (χ3v) is 8.76. The van der Waals surface area contributed by atoms with Gasteiger partial charge < -0.3 is 29.7 Å². The Hall–Kier alpha value is -4.12. The number of para-hydroxylation sites is 1. The highest BCUT2D eigenvalue weighted by molar-refractivity contribution is 6.31. The van der Waals surface area contributed by atoms with Gasteiger partial charge in [-0.1, -0.05) is 41.9 Å². The van der Waals surface area contributed by atoms with E-state index in [0.717, 1.165) is 35.3 Å². The van der Waals surface area contributed by atoms with E-state index in [9.17, 15) is 14.4 Å². The first-order valence-corrected chi connectivity index (χ1v) is 16.5. The van der Waals surface area contributed by atoms with Crippen LogP contribution in [0.4, 0.5) is 5.69 Å². The second kappa shape index (κ2) is 16.6. The van der Waals surface area contributed by atoms with Crippen molar-refractivity contribution in [1.82, 2.24) is 15.5 Å². The maximum atomic E-state index is 14.1. The first-order valence-electron chi connectivity index (χ1n) is 16.1. The molecule has 3 amide bonds. The van der Waals surface area contributed by atoms with Gasteiger partial charge in [-0.15, -0.1) is 0 Å². The van der Waals surface area contributed by atoms with Crippen molar-refractivity contribution >= 4 is 35.0 Å². The molecule has 11 heteroatoms. The van der Waals surface area contributed by atoms with Gasteiger partial charge in [-0.05, 0) is 66.8 Å². The summed E-state index contributed by atoms with van der Waals surface area (Å²) < 4.78 is 17.1. The Bertz CT molecular complexity index is 1530. The Morgan fingerprint density at radius 3 is 2.57 bits per heavy atom. The van der Waals surface area contributed by atoms with Gasteiger partial charge in [0.05, 0.1) is 33.5 Å². The van der Waals surface area contributed by atoms with Gasteiger partial charge in [-0.2, -0.15) is 0 Å². The van der Waals surface area contributed by atoms with E-state index in [2.05, 4.69) is 10.6 Å². The molecule has 5 rings (SSSR count). The van der Waals surface area contributed by atoms with Gasteiger partial charge in [0.25, 0.3) is 0 Å². The van der Waals surface area contributed by atoms with Gasteiger partial charge >= 0.3 is 0 Å². The molecule has 0 spiro atoms. The van der Waals surface area contributed by atoms with E-state index < -0.39 is 6.04 Å². The van der Waals surface area contributed by atoms with Crippen LogP contribution in [0.2, 0.25) is 5.02 Å². The molecule has 1 saturated heterocycles. The summed E-state index contributed by atoms with van der Waals surface area (Å²) in [6.07, 6.45) is 3.47.